The third-order valence-corrected chi connectivity index (χ3v) is 5.37. The van der Waals surface area contributed by atoms with E-state index < -0.39 is 46.7 Å². The summed E-state index contributed by atoms with van der Waals surface area (Å²) in [6.45, 7) is 1.22. The predicted octanol–water partition coefficient (Wildman–Crippen LogP) is 4.15. The molecule has 1 aromatic carbocycles. The summed E-state index contributed by atoms with van der Waals surface area (Å²) < 4.78 is 39.7. The molecule has 3 amide bonds. The molecule has 0 radical (unpaired) electrons. The first-order valence-corrected chi connectivity index (χ1v) is 9.14. The third kappa shape index (κ3) is 4.06. The Morgan fingerprint density at radius 3 is 2.56 bits per heavy atom. The largest absolute Gasteiger partial charge is 0.322 e. The van der Waals surface area contributed by atoms with Crippen LogP contribution < -0.4 is 5.32 Å². The van der Waals surface area contributed by atoms with Crippen LogP contribution in [0.3, 0.4) is 0 Å². The van der Waals surface area contributed by atoms with Crippen molar-refractivity contribution in [2.75, 3.05) is 11.9 Å². The van der Waals surface area contributed by atoms with Crippen LogP contribution in [0.5, 0.6) is 0 Å². The van der Waals surface area contributed by atoms with E-state index in [2.05, 4.69) is 0 Å². The topological polar surface area (TPSA) is 66.5 Å². The molecule has 0 saturated carbocycles. The fourth-order valence-electron chi connectivity index (χ4n) is 2.25. The molecule has 1 aromatic heterocycles. The SMILES string of the molecule is Cc1ccc(/C=C2/SC(=O)N(CC(=O)Nc3ccc(F)c(F)c3F)C2=O)s1. The van der Waals surface area contributed by atoms with E-state index in [9.17, 15) is 27.6 Å². The number of imide groups is 1. The summed E-state index contributed by atoms with van der Waals surface area (Å²) in [5.41, 5.74) is -0.588. The van der Waals surface area contributed by atoms with Gasteiger partial charge in [0.2, 0.25) is 5.91 Å². The monoisotopic (exact) mass is 412 g/mol. The fourth-order valence-corrected chi connectivity index (χ4v) is 3.98. The summed E-state index contributed by atoms with van der Waals surface area (Å²) >= 11 is 2.12. The van der Waals surface area contributed by atoms with E-state index in [0.717, 1.165) is 15.8 Å². The number of nitrogens with zero attached hydrogens (tertiary/aromatic N) is 1. The van der Waals surface area contributed by atoms with Crippen molar-refractivity contribution < 1.29 is 27.6 Å². The van der Waals surface area contributed by atoms with E-state index in [0.29, 0.717) is 22.7 Å². The summed E-state index contributed by atoms with van der Waals surface area (Å²) in [7, 11) is 0. The first kappa shape index (κ1) is 19.2. The number of hydrogen-bond acceptors (Lipinski definition) is 5. The Labute approximate surface area is 159 Å². The lowest BCUT2D eigenvalue weighted by Crippen LogP contribution is -2.36. The molecule has 0 bridgehead atoms. The van der Waals surface area contributed by atoms with Crippen LogP contribution in [-0.4, -0.2) is 28.5 Å². The quantitative estimate of drug-likeness (QED) is 0.605. The maximum atomic E-state index is 13.6. The van der Waals surface area contributed by atoms with Crippen LogP contribution in [0, 0.1) is 24.4 Å². The van der Waals surface area contributed by atoms with Crippen molar-refractivity contribution in [3.05, 3.63) is 56.4 Å². The van der Waals surface area contributed by atoms with Crippen LogP contribution in [-0.2, 0) is 9.59 Å². The second kappa shape index (κ2) is 7.57. The van der Waals surface area contributed by atoms with Gasteiger partial charge in [0, 0.05) is 9.75 Å². The number of carbonyl (C=O) groups excluding carboxylic acids is 3. The lowest BCUT2D eigenvalue weighted by atomic mass is 10.2. The Morgan fingerprint density at radius 2 is 1.89 bits per heavy atom. The number of amides is 3. The number of rotatable bonds is 4. The number of aryl methyl sites for hydroxylation is 1. The molecule has 140 valence electrons. The van der Waals surface area contributed by atoms with Gasteiger partial charge in [-0.3, -0.25) is 19.3 Å². The van der Waals surface area contributed by atoms with Crippen LogP contribution in [0.4, 0.5) is 23.7 Å². The van der Waals surface area contributed by atoms with Crippen molar-refractivity contribution in [3.8, 4) is 0 Å². The minimum atomic E-state index is -1.73. The average molecular weight is 412 g/mol. The van der Waals surface area contributed by atoms with Gasteiger partial charge < -0.3 is 5.32 Å². The predicted molar refractivity (Wildman–Crippen MR) is 96.7 cm³/mol. The van der Waals surface area contributed by atoms with Crippen molar-refractivity contribution in [3.63, 3.8) is 0 Å². The van der Waals surface area contributed by atoms with E-state index in [1.165, 1.54) is 11.3 Å². The lowest BCUT2D eigenvalue weighted by Gasteiger charge is -2.13. The molecule has 0 atom stereocenters. The maximum Gasteiger partial charge on any atom is 0.294 e. The number of hydrogen-bond donors (Lipinski definition) is 1. The zero-order valence-corrected chi connectivity index (χ0v) is 15.3. The Morgan fingerprint density at radius 1 is 1.15 bits per heavy atom. The number of benzene rings is 1. The molecule has 1 aliphatic rings. The lowest BCUT2D eigenvalue weighted by molar-refractivity contribution is -0.127. The first-order valence-electron chi connectivity index (χ1n) is 7.51. The highest BCUT2D eigenvalue weighted by Crippen LogP contribution is 2.33. The molecule has 0 spiro atoms. The van der Waals surface area contributed by atoms with Gasteiger partial charge in [-0.05, 0) is 49.0 Å². The highest BCUT2D eigenvalue weighted by atomic mass is 32.2. The van der Waals surface area contributed by atoms with Crippen LogP contribution in [0.2, 0.25) is 0 Å². The van der Waals surface area contributed by atoms with Gasteiger partial charge in [-0.2, -0.15) is 0 Å². The number of nitrogens with one attached hydrogen (secondary N) is 1. The molecule has 27 heavy (non-hydrogen) atoms. The van der Waals surface area contributed by atoms with Gasteiger partial charge in [-0.25, -0.2) is 13.2 Å². The van der Waals surface area contributed by atoms with Crippen LogP contribution in [0.25, 0.3) is 6.08 Å². The van der Waals surface area contributed by atoms with Crippen LogP contribution in [0.1, 0.15) is 9.75 Å². The van der Waals surface area contributed by atoms with Crippen LogP contribution in [0.15, 0.2) is 29.2 Å². The average Bonchev–Trinajstić information content (AvgIpc) is 3.14. The molecule has 1 fully saturated rings. The molecule has 5 nitrogen and oxygen atoms in total. The molecule has 1 aliphatic heterocycles. The summed E-state index contributed by atoms with van der Waals surface area (Å²) in [4.78, 5) is 39.0. The molecule has 10 heteroatoms. The maximum absolute atomic E-state index is 13.6. The molecule has 2 aromatic rings. The Bertz CT molecular complexity index is 988. The van der Waals surface area contributed by atoms with E-state index in [1.807, 2.05) is 18.3 Å². The Kier molecular flexibility index (Phi) is 5.38. The Hall–Kier alpha value is -2.59. The van der Waals surface area contributed by atoms with Crippen molar-refractivity contribution in [2.45, 2.75) is 6.92 Å². The molecule has 1 saturated heterocycles. The zero-order valence-electron chi connectivity index (χ0n) is 13.7. The third-order valence-electron chi connectivity index (χ3n) is 3.52. The molecule has 0 unspecified atom stereocenters. The number of thioether (sulfide) groups is 1. The van der Waals surface area contributed by atoms with Gasteiger partial charge in [0.05, 0.1) is 10.6 Å². The van der Waals surface area contributed by atoms with Crippen molar-refractivity contribution in [1.82, 2.24) is 4.90 Å². The second-order valence-corrected chi connectivity index (χ2v) is 7.80. The summed E-state index contributed by atoms with van der Waals surface area (Å²) in [5.74, 6) is -6.27. The van der Waals surface area contributed by atoms with Crippen molar-refractivity contribution in [2.24, 2.45) is 0 Å². The van der Waals surface area contributed by atoms with E-state index in [-0.39, 0.29) is 4.91 Å². The molecule has 3 rings (SSSR count). The second-order valence-electron chi connectivity index (χ2n) is 5.49. The molecule has 0 aliphatic carbocycles. The highest BCUT2D eigenvalue weighted by Gasteiger charge is 2.36. The fraction of sp³-hybridized carbons (Fsp3) is 0.118. The normalized spacial score (nSPS) is 15.7. The molecular formula is C17H11F3N2O3S2. The summed E-state index contributed by atoms with van der Waals surface area (Å²) in [6.07, 6.45) is 1.55. The van der Waals surface area contributed by atoms with Crippen molar-refractivity contribution >= 4 is 51.9 Å². The standard InChI is InChI=1S/C17H11F3N2O3S2/c1-8-2-3-9(26-8)6-12-16(24)22(17(25)27-12)7-13(23)21-11-5-4-10(18)14(19)15(11)20/h2-6H,7H2,1H3,(H,21,23)/b12-6+. The van der Waals surface area contributed by atoms with Gasteiger partial charge in [0.25, 0.3) is 11.1 Å². The Balaban J connectivity index is 1.71. The number of carbonyl (C=O) groups is 3. The summed E-state index contributed by atoms with van der Waals surface area (Å²) in [5, 5.41) is 1.37. The van der Waals surface area contributed by atoms with Crippen LogP contribution >= 0.6 is 23.1 Å². The number of anilines is 1. The van der Waals surface area contributed by atoms with Gasteiger partial charge in [0.15, 0.2) is 17.5 Å². The van der Waals surface area contributed by atoms with Gasteiger partial charge in [-0.1, -0.05) is 0 Å². The minimum absolute atomic E-state index is 0.161. The van der Waals surface area contributed by atoms with Gasteiger partial charge in [-0.15, -0.1) is 11.3 Å². The molecule has 1 N–H and O–H groups in total. The van der Waals surface area contributed by atoms with E-state index in [4.69, 9.17) is 0 Å². The minimum Gasteiger partial charge on any atom is -0.322 e. The number of thiophene rings is 1. The smallest absolute Gasteiger partial charge is 0.294 e. The van der Waals surface area contributed by atoms with Crippen molar-refractivity contribution in [1.29, 1.82) is 0 Å². The van der Waals surface area contributed by atoms with E-state index >= 15 is 0 Å². The molecular weight excluding hydrogens is 401 g/mol. The number of halogens is 3. The molecule has 2 heterocycles. The van der Waals surface area contributed by atoms with Gasteiger partial charge >= 0.3 is 0 Å². The summed E-state index contributed by atoms with van der Waals surface area (Å²) in [6, 6.07) is 5.16. The van der Waals surface area contributed by atoms with E-state index in [1.54, 1.807) is 12.1 Å². The highest BCUT2D eigenvalue weighted by molar-refractivity contribution is 8.18. The van der Waals surface area contributed by atoms with Gasteiger partial charge in [0.1, 0.15) is 6.54 Å². The zero-order chi connectivity index (χ0) is 19.7. The first-order chi connectivity index (χ1) is 12.8.